The van der Waals surface area contributed by atoms with Crippen LogP contribution in [0.1, 0.15) is 73.3 Å². The molecule has 5 amide bonds. The molecule has 1 rings (SSSR count). The van der Waals surface area contributed by atoms with Crippen molar-refractivity contribution in [2.24, 2.45) is 17.1 Å². The predicted octanol–water partition coefficient (Wildman–Crippen LogP) is 3.10. The van der Waals surface area contributed by atoms with Gasteiger partial charge >= 0.3 is 6.03 Å². The van der Waals surface area contributed by atoms with Gasteiger partial charge in [-0.2, -0.15) is 0 Å². The molecule has 2 atom stereocenters. The number of rotatable bonds is 15. The minimum atomic E-state index is -0.881. The molecule has 0 spiro atoms. The second-order valence-electron chi connectivity index (χ2n) is 11.4. The Bertz CT molecular complexity index is 909. The van der Waals surface area contributed by atoms with Crippen LogP contribution in [0.2, 0.25) is 0 Å². The Morgan fingerprint density at radius 2 is 1.58 bits per heavy atom. The Balaban J connectivity index is 2.90. The minimum Gasteiger partial charge on any atom is -0.378 e. The van der Waals surface area contributed by atoms with Crippen molar-refractivity contribution in [3.05, 3.63) is 29.8 Å². The number of carbonyl (C=O) groups excluding carboxylic acids is 4. The smallest absolute Gasteiger partial charge is 0.312 e. The monoisotopic (exact) mass is 533 g/mol. The third-order valence-corrected chi connectivity index (χ3v) is 5.60. The van der Waals surface area contributed by atoms with Crippen LogP contribution in [-0.4, -0.2) is 55.1 Å². The van der Waals surface area contributed by atoms with Crippen molar-refractivity contribution in [1.29, 1.82) is 0 Å². The highest BCUT2D eigenvalue weighted by Gasteiger charge is 2.28. The number of hydrogen-bond donors (Lipinski definition) is 5. The molecule has 0 saturated carbocycles. The van der Waals surface area contributed by atoms with Crippen LogP contribution in [0.5, 0.6) is 0 Å². The lowest BCUT2D eigenvalue weighted by molar-refractivity contribution is -0.132. The lowest BCUT2D eigenvalue weighted by Gasteiger charge is -2.25. The number of ether oxygens (including phenoxy) is 1. The Kier molecular flexibility index (Phi) is 13.8. The molecule has 6 N–H and O–H groups in total. The third kappa shape index (κ3) is 14.0. The van der Waals surface area contributed by atoms with Crippen molar-refractivity contribution in [1.82, 2.24) is 16.0 Å². The maximum absolute atomic E-state index is 13.2. The van der Waals surface area contributed by atoms with Gasteiger partial charge in [0.15, 0.2) is 0 Å². The summed E-state index contributed by atoms with van der Waals surface area (Å²) in [5, 5.41) is 10.9. The molecule has 10 nitrogen and oxygen atoms in total. The van der Waals surface area contributed by atoms with E-state index in [1.165, 1.54) is 0 Å². The summed E-state index contributed by atoms with van der Waals surface area (Å²) < 4.78 is 5.42. The number of anilines is 1. The van der Waals surface area contributed by atoms with Gasteiger partial charge in [-0.05, 0) is 62.1 Å². The number of nitrogens with two attached hydrogens (primary N) is 1. The second-order valence-corrected chi connectivity index (χ2v) is 11.4. The average molecular weight is 534 g/mol. The van der Waals surface area contributed by atoms with Gasteiger partial charge in [-0.15, -0.1) is 0 Å². The standard InChI is InChI=1S/C28H47N5O5/c1-18(2)24(33-23(34)14-16-38-19(3)4)26(36)32-22(9-8-15-30-27(29)37)25(35)31-21-12-10-20(11-13-21)17-28(5,6)7/h10-13,18-19,22,24H,8-9,14-17H2,1-7H3,(H,31,35)(H,32,36)(H,33,34)(H3,29,30,37)/t22-,24?/m0/s1. The molecule has 0 heterocycles. The number of urea groups is 1. The molecule has 0 aliphatic rings. The van der Waals surface area contributed by atoms with Gasteiger partial charge in [-0.3, -0.25) is 14.4 Å². The zero-order chi connectivity index (χ0) is 28.9. The van der Waals surface area contributed by atoms with Gasteiger partial charge in [0.1, 0.15) is 12.1 Å². The first-order valence-corrected chi connectivity index (χ1v) is 13.3. The molecule has 0 bridgehead atoms. The van der Waals surface area contributed by atoms with Crippen molar-refractivity contribution in [2.45, 2.75) is 92.3 Å². The van der Waals surface area contributed by atoms with Gasteiger partial charge in [-0.25, -0.2) is 4.79 Å². The van der Waals surface area contributed by atoms with E-state index in [1.807, 2.05) is 52.0 Å². The number of nitrogens with one attached hydrogen (secondary N) is 4. The molecule has 1 aromatic rings. The Morgan fingerprint density at radius 1 is 0.947 bits per heavy atom. The Labute approximate surface area is 227 Å². The number of amides is 5. The minimum absolute atomic E-state index is 0.00464. The van der Waals surface area contributed by atoms with Crippen molar-refractivity contribution >= 4 is 29.4 Å². The molecule has 10 heteroatoms. The fourth-order valence-corrected chi connectivity index (χ4v) is 3.76. The summed E-state index contributed by atoms with van der Waals surface area (Å²) in [7, 11) is 0. The number of hydrogen-bond acceptors (Lipinski definition) is 5. The normalized spacial score (nSPS) is 13.1. The summed E-state index contributed by atoms with van der Waals surface area (Å²) >= 11 is 0. The molecule has 0 radical (unpaired) electrons. The summed E-state index contributed by atoms with van der Waals surface area (Å²) in [5.74, 6) is -1.36. The van der Waals surface area contributed by atoms with Crippen molar-refractivity contribution in [2.75, 3.05) is 18.5 Å². The van der Waals surface area contributed by atoms with Crippen LogP contribution in [0.15, 0.2) is 24.3 Å². The van der Waals surface area contributed by atoms with Gasteiger partial charge in [0.2, 0.25) is 17.7 Å². The summed E-state index contributed by atoms with van der Waals surface area (Å²) in [5.41, 5.74) is 7.04. The summed E-state index contributed by atoms with van der Waals surface area (Å²) in [4.78, 5) is 49.7. The lowest BCUT2D eigenvalue weighted by atomic mass is 9.88. The van der Waals surface area contributed by atoms with Crippen molar-refractivity contribution < 1.29 is 23.9 Å². The fourth-order valence-electron chi connectivity index (χ4n) is 3.76. The van der Waals surface area contributed by atoms with Gasteiger partial charge in [0.05, 0.1) is 12.7 Å². The quantitative estimate of drug-likeness (QED) is 0.219. The molecule has 214 valence electrons. The van der Waals surface area contributed by atoms with Crippen LogP contribution in [0.3, 0.4) is 0 Å². The van der Waals surface area contributed by atoms with Crippen molar-refractivity contribution in [3.8, 4) is 0 Å². The molecule has 0 aliphatic carbocycles. The van der Waals surface area contributed by atoms with Crippen molar-refractivity contribution in [3.63, 3.8) is 0 Å². The van der Waals surface area contributed by atoms with Crippen LogP contribution in [0.25, 0.3) is 0 Å². The summed E-state index contributed by atoms with van der Waals surface area (Å²) in [6.07, 6.45) is 1.71. The van der Waals surface area contributed by atoms with Gasteiger partial charge < -0.3 is 31.7 Å². The van der Waals surface area contributed by atoms with E-state index in [0.29, 0.717) is 12.1 Å². The number of carbonyl (C=O) groups is 4. The Morgan fingerprint density at radius 3 is 2.11 bits per heavy atom. The highest BCUT2D eigenvalue weighted by molar-refractivity contribution is 5.98. The van der Waals surface area contributed by atoms with Gasteiger partial charge in [-0.1, -0.05) is 46.8 Å². The maximum atomic E-state index is 13.2. The van der Waals surface area contributed by atoms with E-state index in [9.17, 15) is 19.2 Å². The van der Waals surface area contributed by atoms with E-state index >= 15 is 0 Å². The summed E-state index contributed by atoms with van der Waals surface area (Å²) in [6, 6.07) is 5.25. The second kappa shape index (κ2) is 16.0. The van der Waals surface area contributed by atoms with Crippen LogP contribution in [0, 0.1) is 11.3 Å². The molecule has 1 unspecified atom stereocenters. The third-order valence-electron chi connectivity index (χ3n) is 5.60. The van der Waals surface area contributed by atoms with E-state index < -0.39 is 24.0 Å². The molecular formula is C28H47N5O5. The zero-order valence-electron chi connectivity index (χ0n) is 24.0. The van der Waals surface area contributed by atoms with E-state index in [0.717, 1.165) is 12.0 Å². The molecule has 0 fully saturated rings. The van der Waals surface area contributed by atoms with Crippen LogP contribution >= 0.6 is 0 Å². The first-order valence-electron chi connectivity index (χ1n) is 13.3. The topological polar surface area (TPSA) is 152 Å². The van der Waals surface area contributed by atoms with Crippen LogP contribution in [-0.2, 0) is 25.5 Å². The SMILES string of the molecule is CC(C)OCCC(=O)NC(C(=O)N[C@@H](CCCNC(N)=O)C(=O)Nc1ccc(CC(C)(C)C)cc1)C(C)C. The number of primary amides is 1. The first-order chi connectivity index (χ1) is 17.7. The molecule has 38 heavy (non-hydrogen) atoms. The largest absolute Gasteiger partial charge is 0.378 e. The molecule has 0 aliphatic heterocycles. The molecule has 1 aromatic carbocycles. The van der Waals surface area contributed by atoms with E-state index in [4.69, 9.17) is 10.5 Å². The summed E-state index contributed by atoms with van der Waals surface area (Å²) in [6.45, 7) is 14.4. The van der Waals surface area contributed by atoms with E-state index in [-0.39, 0.29) is 55.2 Å². The van der Waals surface area contributed by atoms with Crippen LogP contribution < -0.4 is 27.0 Å². The average Bonchev–Trinajstić information content (AvgIpc) is 2.79. The van der Waals surface area contributed by atoms with Gasteiger partial charge in [0.25, 0.3) is 0 Å². The highest BCUT2D eigenvalue weighted by Crippen LogP contribution is 2.21. The first kappa shape index (κ1) is 32.9. The van der Waals surface area contributed by atoms with Crippen LogP contribution in [0.4, 0.5) is 10.5 Å². The zero-order valence-corrected chi connectivity index (χ0v) is 24.0. The maximum Gasteiger partial charge on any atom is 0.312 e. The van der Waals surface area contributed by atoms with E-state index in [1.54, 1.807) is 0 Å². The predicted molar refractivity (Wildman–Crippen MR) is 149 cm³/mol. The fraction of sp³-hybridized carbons (Fsp3) is 0.643. The lowest BCUT2D eigenvalue weighted by Crippen LogP contribution is -2.54. The molecule has 0 aromatic heterocycles. The number of benzene rings is 1. The molecular weight excluding hydrogens is 486 g/mol. The highest BCUT2D eigenvalue weighted by atomic mass is 16.5. The molecule has 0 saturated heterocycles. The van der Waals surface area contributed by atoms with Gasteiger partial charge in [0, 0.05) is 18.7 Å². The van der Waals surface area contributed by atoms with E-state index in [2.05, 4.69) is 42.0 Å². The Hall–Kier alpha value is -3.14.